The molecule has 0 aromatic carbocycles. The van der Waals surface area contributed by atoms with Crippen LogP contribution in [0.4, 0.5) is 0 Å². The van der Waals surface area contributed by atoms with Crippen LogP contribution in [0, 0.1) is 0 Å². The first kappa shape index (κ1) is 10.4. The van der Waals surface area contributed by atoms with E-state index in [0.717, 1.165) is 45.7 Å². The van der Waals surface area contributed by atoms with Gasteiger partial charge in [-0.15, -0.1) is 0 Å². The Morgan fingerprint density at radius 2 is 1.93 bits per heavy atom. The Morgan fingerprint density at radius 3 is 2.57 bits per heavy atom. The lowest BCUT2D eigenvalue weighted by molar-refractivity contribution is 0.00756. The van der Waals surface area contributed by atoms with Gasteiger partial charge in [-0.1, -0.05) is 0 Å². The first-order valence-electron chi connectivity index (χ1n) is 5.59. The summed E-state index contributed by atoms with van der Waals surface area (Å²) >= 11 is 0. The lowest BCUT2D eigenvalue weighted by Gasteiger charge is -2.41. The predicted octanol–water partition coefficient (Wildman–Crippen LogP) is -1.04. The zero-order chi connectivity index (χ0) is 9.97. The van der Waals surface area contributed by atoms with Crippen LogP contribution in [0.25, 0.3) is 0 Å². The van der Waals surface area contributed by atoms with Crippen molar-refractivity contribution < 1.29 is 5.11 Å². The number of nitrogens with one attached hydrogen (secondary N) is 1. The number of rotatable bonds is 1. The highest BCUT2D eigenvalue weighted by Crippen LogP contribution is 2.13. The first-order valence-corrected chi connectivity index (χ1v) is 5.59. The average molecular weight is 199 g/mol. The Bertz CT molecular complexity index is 180. The van der Waals surface area contributed by atoms with E-state index in [1.54, 1.807) is 0 Å². The van der Waals surface area contributed by atoms with Crippen LogP contribution in [0.5, 0.6) is 0 Å². The van der Waals surface area contributed by atoms with E-state index in [0.29, 0.717) is 6.04 Å². The molecule has 0 spiro atoms. The maximum absolute atomic E-state index is 9.89. The number of aliphatic hydroxyl groups is 1. The largest absolute Gasteiger partial charge is 0.391 e. The van der Waals surface area contributed by atoms with E-state index in [9.17, 15) is 5.11 Å². The molecule has 14 heavy (non-hydrogen) atoms. The van der Waals surface area contributed by atoms with Gasteiger partial charge in [0.05, 0.1) is 6.10 Å². The van der Waals surface area contributed by atoms with Crippen LogP contribution >= 0.6 is 0 Å². The van der Waals surface area contributed by atoms with E-state index < -0.39 is 0 Å². The molecule has 0 amide bonds. The van der Waals surface area contributed by atoms with Gasteiger partial charge >= 0.3 is 0 Å². The molecule has 0 aliphatic carbocycles. The summed E-state index contributed by atoms with van der Waals surface area (Å²) in [6.45, 7) is 6.36. The summed E-state index contributed by atoms with van der Waals surface area (Å²) in [4.78, 5) is 4.77. The molecule has 4 heteroatoms. The Labute approximate surface area is 85.9 Å². The lowest BCUT2D eigenvalue weighted by Crippen LogP contribution is -2.58. The van der Waals surface area contributed by atoms with Gasteiger partial charge in [0.1, 0.15) is 0 Å². The maximum atomic E-state index is 9.89. The number of piperidine rings is 1. The SMILES string of the molecule is CN1CCN([C@H]2CNCC[C@@H]2O)CC1. The van der Waals surface area contributed by atoms with Gasteiger partial charge in [-0.3, -0.25) is 4.90 Å². The van der Waals surface area contributed by atoms with Crippen molar-refractivity contribution in [1.82, 2.24) is 15.1 Å². The molecular formula is C10H21N3O. The second-order valence-electron chi connectivity index (χ2n) is 4.47. The number of aliphatic hydroxyl groups excluding tert-OH is 1. The molecule has 4 nitrogen and oxygen atoms in total. The molecule has 0 aromatic rings. The van der Waals surface area contributed by atoms with Gasteiger partial charge in [0.2, 0.25) is 0 Å². The fraction of sp³-hybridized carbons (Fsp3) is 1.00. The molecule has 82 valence electrons. The minimum atomic E-state index is -0.125. The van der Waals surface area contributed by atoms with Crippen LogP contribution in [-0.2, 0) is 0 Å². The van der Waals surface area contributed by atoms with E-state index in [4.69, 9.17) is 0 Å². The maximum Gasteiger partial charge on any atom is 0.0719 e. The minimum Gasteiger partial charge on any atom is -0.391 e. The monoisotopic (exact) mass is 199 g/mol. The van der Waals surface area contributed by atoms with Crippen molar-refractivity contribution >= 4 is 0 Å². The smallest absolute Gasteiger partial charge is 0.0719 e. The van der Waals surface area contributed by atoms with Gasteiger partial charge in [0, 0.05) is 38.8 Å². The molecule has 2 heterocycles. The van der Waals surface area contributed by atoms with Gasteiger partial charge in [0.25, 0.3) is 0 Å². The molecule has 2 N–H and O–H groups in total. The Balaban J connectivity index is 1.87. The molecule has 2 fully saturated rings. The van der Waals surface area contributed by atoms with E-state index in [1.807, 2.05) is 0 Å². The summed E-state index contributed by atoms with van der Waals surface area (Å²) in [6.07, 6.45) is 0.774. The number of hydrogen-bond acceptors (Lipinski definition) is 4. The predicted molar refractivity (Wildman–Crippen MR) is 56.4 cm³/mol. The minimum absolute atomic E-state index is 0.125. The Kier molecular flexibility index (Phi) is 3.38. The molecule has 0 aromatic heterocycles. The normalized spacial score (nSPS) is 37.3. The van der Waals surface area contributed by atoms with Crippen molar-refractivity contribution in [3.05, 3.63) is 0 Å². The highest BCUT2D eigenvalue weighted by Gasteiger charge is 2.29. The fourth-order valence-electron chi connectivity index (χ4n) is 2.35. The zero-order valence-electron chi connectivity index (χ0n) is 8.95. The summed E-state index contributed by atoms with van der Waals surface area (Å²) in [7, 11) is 2.16. The summed E-state index contributed by atoms with van der Waals surface area (Å²) < 4.78 is 0. The molecular weight excluding hydrogens is 178 g/mol. The highest BCUT2D eigenvalue weighted by molar-refractivity contribution is 4.87. The molecule has 2 atom stereocenters. The van der Waals surface area contributed by atoms with Crippen LogP contribution < -0.4 is 5.32 Å². The molecule has 0 unspecified atom stereocenters. The van der Waals surface area contributed by atoms with Gasteiger partial charge in [-0.25, -0.2) is 0 Å². The van der Waals surface area contributed by atoms with E-state index in [1.165, 1.54) is 0 Å². The third-order valence-corrected chi connectivity index (χ3v) is 3.42. The summed E-state index contributed by atoms with van der Waals surface area (Å²) in [5.74, 6) is 0. The molecule has 2 aliphatic rings. The summed E-state index contributed by atoms with van der Waals surface area (Å²) in [5.41, 5.74) is 0. The van der Waals surface area contributed by atoms with Crippen molar-refractivity contribution in [3.63, 3.8) is 0 Å². The lowest BCUT2D eigenvalue weighted by atomic mass is 10.0. The molecule has 2 saturated heterocycles. The van der Waals surface area contributed by atoms with Crippen molar-refractivity contribution in [3.8, 4) is 0 Å². The van der Waals surface area contributed by atoms with Gasteiger partial charge in [-0.05, 0) is 20.0 Å². The van der Waals surface area contributed by atoms with Gasteiger partial charge < -0.3 is 15.3 Å². The molecule has 2 aliphatic heterocycles. The number of likely N-dealkylation sites (N-methyl/N-ethyl adjacent to an activating group) is 1. The van der Waals surface area contributed by atoms with Crippen molar-refractivity contribution in [2.24, 2.45) is 0 Å². The average Bonchev–Trinajstić information content (AvgIpc) is 2.20. The van der Waals surface area contributed by atoms with Gasteiger partial charge in [-0.2, -0.15) is 0 Å². The third-order valence-electron chi connectivity index (χ3n) is 3.42. The van der Waals surface area contributed by atoms with Crippen LogP contribution in [0.2, 0.25) is 0 Å². The van der Waals surface area contributed by atoms with Crippen molar-refractivity contribution in [1.29, 1.82) is 0 Å². The standard InChI is InChI=1S/C10H21N3O/c1-12-4-6-13(7-5-12)9-8-11-3-2-10(9)14/h9-11,14H,2-8H2,1H3/t9-,10-/m0/s1. The van der Waals surface area contributed by atoms with Crippen LogP contribution in [-0.4, -0.2) is 73.4 Å². The fourth-order valence-corrected chi connectivity index (χ4v) is 2.35. The van der Waals surface area contributed by atoms with Crippen molar-refractivity contribution in [2.45, 2.75) is 18.6 Å². The quantitative estimate of drug-likeness (QED) is 0.566. The Morgan fingerprint density at radius 1 is 1.21 bits per heavy atom. The van der Waals surface area contributed by atoms with E-state index >= 15 is 0 Å². The molecule has 0 radical (unpaired) electrons. The van der Waals surface area contributed by atoms with Crippen LogP contribution in [0.15, 0.2) is 0 Å². The molecule has 2 rings (SSSR count). The van der Waals surface area contributed by atoms with Crippen molar-refractivity contribution in [2.75, 3.05) is 46.3 Å². The number of hydrogen-bond donors (Lipinski definition) is 2. The third kappa shape index (κ3) is 2.25. The van der Waals surface area contributed by atoms with E-state index in [-0.39, 0.29) is 6.10 Å². The Hall–Kier alpha value is -0.160. The molecule has 0 bridgehead atoms. The first-order chi connectivity index (χ1) is 6.77. The summed E-state index contributed by atoms with van der Waals surface area (Å²) in [6, 6.07) is 0.345. The highest BCUT2D eigenvalue weighted by atomic mass is 16.3. The van der Waals surface area contributed by atoms with Gasteiger partial charge in [0.15, 0.2) is 0 Å². The number of piperazine rings is 1. The second-order valence-corrected chi connectivity index (χ2v) is 4.47. The molecule has 0 saturated carbocycles. The summed E-state index contributed by atoms with van der Waals surface area (Å²) in [5, 5.41) is 13.3. The van der Waals surface area contributed by atoms with Crippen LogP contribution in [0.1, 0.15) is 6.42 Å². The van der Waals surface area contributed by atoms with Crippen LogP contribution in [0.3, 0.4) is 0 Å². The topological polar surface area (TPSA) is 38.7 Å². The number of nitrogens with zero attached hydrogens (tertiary/aromatic N) is 2. The van der Waals surface area contributed by atoms with E-state index in [2.05, 4.69) is 22.2 Å². The second kappa shape index (κ2) is 4.57. The zero-order valence-corrected chi connectivity index (χ0v) is 8.95.